The summed E-state index contributed by atoms with van der Waals surface area (Å²) in [4.78, 5) is 6.88. The van der Waals surface area contributed by atoms with Crippen molar-refractivity contribution in [3.63, 3.8) is 0 Å². The smallest absolute Gasteiger partial charge is 0.193 e. The van der Waals surface area contributed by atoms with Crippen LogP contribution in [0, 0.1) is 12.8 Å². The number of rotatable bonds is 5. The molecule has 4 nitrogen and oxygen atoms in total. The summed E-state index contributed by atoms with van der Waals surface area (Å²) in [5, 5.41) is 13.3. The van der Waals surface area contributed by atoms with Gasteiger partial charge in [-0.1, -0.05) is 36.2 Å². The van der Waals surface area contributed by atoms with Crippen LogP contribution >= 0.6 is 24.0 Å². The van der Waals surface area contributed by atoms with Crippen molar-refractivity contribution in [2.75, 3.05) is 20.1 Å². The van der Waals surface area contributed by atoms with Crippen LogP contribution in [0.1, 0.15) is 37.3 Å². The molecule has 0 amide bonds. The second kappa shape index (κ2) is 10.1. The number of hydrogen-bond donors (Lipinski definition) is 2. The summed E-state index contributed by atoms with van der Waals surface area (Å²) in [5.41, 5.74) is 2.56. The second-order valence-corrected chi connectivity index (χ2v) is 6.29. The molecule has 2 N–H and O–H groups in total. The van der Waals surface area contributed by atoms with Crippen LogP contribution in [-0.4, -0.2) is 42.2 Å². The van der Waals surface area contributed by atoms with Gasteiger partial charge in [0.2, 0.25) is 0 Å². The fourth-order valence-corrected chi connectivity index (χ4v) is 2.95. The zero-order valence-electron chi connectivity index (χ0n) is 14.5. The Hall–Kier alpha value is -0.820. The van der Waals surface area contributed by atoms with Gasteiger partial charge in [0.25, 0.3) is 0 Å². The van der Waals surface area contributed by atoms with Crippen molar-refractivity contribution in [2.45, 2.75) is 45.8 Å². The fourth-order valence-electron chi connectivity index (χ4n) is 2.95. The Morgan fingerprint density at radius 2 is 2.00 bits per heavy atom. The molecule has 23 heavy (non-hydrogen) atoms. The minimum Gasteiger partial charge on any atom is -0.393 e. The van der Waals surface area contributed by atoms with Gasteiger partial charge in [0, 0.05) is 32.6 Å². The first kappa shape index (κ1) is 20.2. The summed E-state index contributed by atoms with van der Waals surface area (Å²) >= 11 is 0. The number of aliphatic hydroxyl groups excluding tert-OH is 1. The minimum absolute atomic E-state index is 0. The molecule has 0 spiro atoms. The Morgan fingerprint density at radius 1 is 1.30 bits per heavy atom. The highest BCUT2D eigenvalue weighted by Crippen LogP contribution is 2.25. The van der Waals surface area contributed by atoms with Crippen LogP contribution in [0.15, 0.2) is 29.3 Å². The number of nitrogens with one attached hydrogen (secondary N) is 1. The molecule has 2 atom stereocenters. The van der Waals surface area contributed by atoms with E-state index in [0.29, 0.717) is 12.5 Å². The molecule has 2 rings (SSSR count). The standard InChI is InChI=1S/C18H29N3O.HI/c1-4-19-18(20-12-16-6-5-7-17(16)22)21(3)13-15-10-8-14(2)9-11-15;/h8-11,16-17,22H,4-7,12-13H2,1-3H3,(H,19,20);1H. The molecule has 1 fully saturated rings. The maximum absolute atomic E-state index is 9.93. The summed E-state index contributed by atoms with van der Waals surface area (Å²) in [7, 11) is 2.06. The average molecular weight is 431 g/mol. The zero-order chi connectivity index (χ0) is 15.9. The fraction of sp³-hybridized carbons (Fsp3) is 0.611. The van der Waals surface area contributed by atoms with Crippen molar-refractivity contribution in [1.82, 2.24) is 10.2 Å². The molecule has 0 saturated heterocycles. The third kappa shape index (κ3) is 6.30. The number of hydrogen-bond acceptors (Lipinski definition) is 2. The van der Waals surface area contributed by atoms with Crippen LogP contribution < -0.4 is 5.32 Å². The SMILES string of the molecule is CCNC(=NCC1CCCC1O)N(C)Cc1ccc(C)cc1.I. The van der Waals surface area contributed by atoms with E-state index in [1.54, 1.807) is 0 Å². The van der Waals surface area contributed by atoms with Crippen LogP contribution in [0.5, 0.6) is 0 Å². The van der Waals surface area contributed by atoms with E-state index in [1.165, 1.54) is 11.1 Å². The molecule has 1 aromatic carbocycles. The highest BCUT2D eigenvalue weighted by atomic mass is 127. The normalized spacial score (nSPS) is 21.0. The van der Waals surface area contributed by atoms with Crippen molar-refractivity contribution >= 4 is 29.9 Å². The predicted octanol–water partition coefficient (Wildman–Crippen LogP) is 3.17. The second-order valence-electron chi connectivity index (χ2n) is 6.29. The number of aliphatic imine (C=N–C) groups is 1. The maximum Gasteiger partial charge on any atom is 0.193 e. The van der Waals surface area contributed by atoms with Gasteiger partial charge < -0.3 is 15.3 Å². The van der Waals surface area contributed by atoms with E-state index < -0.39 is 0 Å². The number of aliphatic hydroxyl groups is 1. The van der Waals surface area contributed by atoms with E-state index in [1.807, 2.05) is 0 Å². The highest BCUT2D eigenvalue weighted by Gasteiger charge is 2.24. The van der Waals surface area contributed by atoms with Crippen LogP contribution in [0.2, 0.25) is 0 Å². The van der Waals surface area contributed by atoms with Crippen LogP contribution in [0.25, 0.3) is 0 Å². The van der Waals surface area contributed by atoms with Crippen LogP contribution in [0.4, 0.5) is 0 Å². The van der Waals surface area contributed by atoms with Gasteiger partial charge in [-0.3, -0.25) is 4.99 Å². The molecular formula is C18H30IN3O. The molecule has 1 aromatic rings. The number of benzene rings is 1. The average Bonchev–Trinajstić information content (AvgIpc) is 2.91. The van der Waals surface area contributed by atoms with E-state index in [2.05, 4.69) is 55.4 Å². The topological polar surface area (TPSA) is 47.9 Å². The van der Waals surface area contributed by atoms with Crippen molar-refractivity contribution in [3.05, 3.63) is 35.4 Å². The summed E-state index contributed by atoms with van der Waals surface area (Å²) in [6.07, 6.45) is 2.97. The lowest BCUT2D eigenvalue weighted by molar-refractivity contribution is 0.136. The van der Waals surface area contributed by atoms with Crippen LogP contribution in [0.3, 0.4) is 0 Å². The van der Waals surface area contributed by atoms with Crippen LogP contribution in [-0.2, 0) is 6.54 Å². The number of nitrogens with zero attached hydrogens (tertiary/aromatic N) is 2. The van der Waals surface area contributed by atoms with E-state index in [-0.39, 0.29) is 30.1 Å². The van der Waals surface area contributed by atoms with E-state index in [9.17, 15) is 5.11 Å². The largest absolute Gasteiger partial charge is 0.393 e. The van der Waals surface area contributed by atoms with Crippen molar-refractivity contribution in [3.8, 4) is 0 Å². The predicted molar refractivity (Wildman–Crippen MR) is 107 cm³/mol. The van der Waals surface area contributed by atoms with Gasteiger partial charge in [-0.25, -0.2) is 0 Å². The summed E-state index contributed by atoms with van der Waals surface area (Å²) < 4.78 is 0. The Labute approximate surface area is 157 Å². The lowest BCUT2D eigenvalue weighted by Gasteiger charge is -2.23. The van der Waals surface area contributed by atoms with Gasteiger partial charge in [0.15, 0.2) is 5.96 Å². The Balaban J connectivity index is 0.00000264. The molecule has 130 valence electrons. The first-order chi connectivity index (χ1) is 10.6. The van der Waals surface area contributed by atoms with Gasteiger partial charge in [-0.2, -0.15) is 0 Å². The molecule has 1 saturated carbocycles. The molecule has 0 radical (unpaired) electrons. The number of guanidine groups is 1. The molecule has 0 aliphatic heterocycles. The highest BCUT2D eigenvalue weighted by molar-refractivity contribution is 14.0. The monoisotopic (exact) mass is 431 g/mol. The van der Waals surface area contributed by atoms with Crippen molar-refractivity contribution < 1.29 is 5.11 Å². The van der Waals surface area contributed by atoms with Gasteiger partial charge in [-0.05, 0) is 32.3 Å². The summed E-state index contributed by atoms with van der Waals surface area (Å²) in [6.45, 7) is 6.58. The van der Waals surface area contributed by atoms with Crippen molar-refractivity contribution in [1.29, 1.82) is 0 Å². The van der Waals surface area contributed by atoms with Gasteiger partial charge in [0.05, 0.1) is 6.10 Å². The van der Waals surface area contributed by atoms with Gasteiger partial charge >= 0.3 is 0 Å². The quantitative estimate of drug-likeness (QED) is 0.428. The van der Waals surface area contributed by atoms with E-state index in [4.69, 9.17) is 4.99 Å². The molecule has 5 heteroatoms. The van der Waals surface area contributed by atoms with E-state index in [0.717, 1.165) is 38.3 Å². The number of halogens is 1. The van der Waals surface area contributed by atoms with Gasteiger partial charge in [-0.15, -0.1) is 24.0 Å². The lowest BCUT2D eigenvalue weighted by atomic mass is 10.1. The molecule has 2 unspecified atom stereocenters. The van der Waals surface area contributed by atoms with Gasteiger partial charge in [0.1, 0.15) is 0 Å². The third-order valence-electron chi connectivity index (χ3n) is 4.33. The number of aryl methyl sites for hydroxylation is 1. The van der Waals surface area contributed by atoms with E-state index >= 15 is 0 Å². The Kier molecular flexibility index (Phi) is 8.91. The molecule has 1 aliphatic rings. The first-order valence-corrected chi connectivity index (χ1v) is 8.33. The first-order valence-electron chi connectivity index (χ1n) is 8.33. The molecule has 0 bridgehead atoms. The summed E-state index contributed by atoms with van der Waals surface area (Å²) in [6, 6.07) is 8.61. The Bertz CT molecular complexity index is 490. The third-order valence-corrected chi connectivity index (χ3v) is 4.33. The molecular weight excluding hydrogens is 401 g/mol. The maximum atomic E-state index is 9.93. The molecule has 0 aromatic heterocycles. The van der Waals surface area contributed by atoms with Crippen molar-refractivity contribution in [2.24, 2.45) is 10.9 Å². The minimum atomic E-state index is -0.172. The lowest BCUT2D eigenvalue weighted by Crippen LogP contribution is -2.39. The zero-order valence-corrected chi connectivity index (χ0v) is 16.8. The Morgan fingerprint density at radius 3 is 2.57 bits per heavy atom. The molecule has 0 heterocycles. The summed E-state index contributed by atoms with van der Waals surface area (Å²) in [5.74, 6) is 1.24. The molecule has 1 aliphatic carbocycles.